The van der Waals surface area contributed by atoms with E-state index in [0.29, 0.717) is 11.4 Å². The molecule has 0 aliphatic carbocycles. The van der Waals surface area contributed by atoms with Crippen molar-refractivity contribution < 1.29 is 0 Å². The normalized spacial score (nSPS) is 10.1. The molecule has 0 saturated heterocycles. The van der Waals surface area contributed by atoms with Gasteiger partial charge in [-0.05, 0) is 17.4 Å². The van der Waals surface area contributed by atoms with Gasteiger partial charge in [0.05, 0.1) is 4.99 Å². The van der Waals surface area contributed by atoms with E-state index >= 15 is 0 Å². The number of aryl methyl sites for hydroxylation is 1. The van der Waals surface area contributed by atoms with Crippen LogP contribution in [0.1, 0.15) is 13.3 Å². The number of thiocarbonyl (C=S) groups is 1. The number of anilines is 1. The van der Waals surface area contributed by atoms with Crippen molar-refractivity contribution in [2.45, 2.75) is 13.3 Å². The lowest BCUT2D eigenvalue weighted by Gasteiger charge is -2.19. The quantitative estimate of drug-likeness (QED) is 0.679. The van der Waals surface area contributed by atoms with Crippen LogP contribution in [-0.2, 0) is 7.05 Å². The molecule has 0 amide bonds. The molecule has 0 saturated carbocycles. The molecule has 14 heavy (non-hydrogen) atoms. The standard InChI is InChI=1S/C7H14N6S/c1-3-13(5-4-6(8)14)7-9-10-11-12(7)2/h3-5H2,1-2H3,(H2,8,14). The summed E-state index contributed by atoms with van der Waals surface area (Å²) in [5.41, 5.74) is 5.43. The predicted octanol–water partition coefficient (Wildman–Crippen LogP) is -0.287. The lowest BCUT2D eigenvalue weighted by Crippen LogP contribution is -2.29. The average Bonchev–Trinajstić information content (AvgIpc) is 2.53. The largest absolute Gasteiger partial charge is 0.393 e. The van der Waals surface area contributed by atoms with E-state index in [1.165, 1.54) is 0 Å². The molecule has 7 heteroatoms. The van der Waals surface area contributed by atoms with Crippen LogP contribution in [-0.4, -0.2) is 38.3 Å². The molecule has 0 aliphatic rings. The van der Waals surface area contributed by atoms with E-state index < -0.39 is 0 Å². The van der Waals surface area contributed by atoms with Gasteiger partial charge in [-0.3, -0.25) is 0 Å². The molecule has 0 spiro atoms. The van der Waals surface area contributed by atoms with Crippen molar-refractivity contribution >= 4 is 23.2 Å². The zero-order chi connectivity index (χ0) is 10.6. The highest BCUT2D eigenvalue weighted by Crippen LogP contribution is 2.06. The van der Waals surface area contributed by atoms with Gasteiger partial charge in [0.2, 0.25) is 5.95 Å². The minimum Gasteiger partial charge on any atom is -0.393 e. The van der Waals surface area contributed by atoms with Crippen molar-refractivity contribution in [3.8, 4) is 0 Å². The smallest absolute Gasteiger partial charge is 0.245 e. The second kappa shape index (κ2) is 4.85. The van der Waals surface area contributed by atoms with Gasteiger partial charge in [-0.25, -0.2) is 4.68 Å². The third-order valence-electron chi connectivity index (χ3n) is 1.89. The number of hydrogen-bond donors (Lipinski definition) is 1. The SMILES string of the molecule is CCN(CCC(N)=S)c1nnnn1C. The van der Waals surface area contributed by atoms with Crippen LogP contribution in [0.15, 0.2) is 0 Å². The summed E-state index contributed by atoms with van der Waals surface area (Å²) >= 11 is 4.82. The Morgan fingerprint density at radius 3 is 2.79 bits per heavy atom. The van der Waals surface area contributed by atoms with Crippen LogP contribution in [0.25, 0.3) is 0 Å². The monoisotopic (exact) mass is 214 g/mol. The summed E-state index contributed by atoms with van der Waals surface area (Å²) in [5.74, 6) is 0.740. The van der Waals surface area contributed by atoms with Gasteiger partial charge in [-0.1, -0.05) is 17.3 Å². The van der Waals surface area contributed by atoms with Gasteiger partial charge < -0.3 is 10.6 Å². The average molecular weight is 214 g/mol. The second-order valence-corrected chi connectivity index (χ2v) is 3.42. The highest BCUT2D eigenvalue weighted by atomic mass is 32.1. The third-order valence-corrected chi connectivity index (χ3v) is 2.09. The molecule has 1 aromatic rings. The Hall–Kier alpha value is -1.24. The predicted molar refractivity (Wildman–Crippen MR) is 58.1 cm³/mol. The zero-order valence-corrected chi connectivity index (χ0v) is 9.16. The van der Waals surface area contributed by atoms with E-state index in [2.05, 4.69) is 15.5 Å². The minimum atomic E-state index is 0.513. The van der Waals surface area contributed by atoms with Crippen LogP contribution in [0.4, 0.5) is 5.95 Å². The van der Waals surface area contributed by atoms with E-state index in [4.69, 9.17) is 18.0 Å². The maximum Gasteiger partial charge on any atom is 0.245 e. The molecule has 1 rings (SSSR count). The molecule has 0 atom stereocenters. The molecule has 1 heterocycles. The van der Waals surface area contributed by atoms with Crippen molar-refractivity contribution in [3.05, 3.63) is 0 Å². The molecular weight excluding hydrogens is 200 g/mol. The Morgan fingerprint density at radius 2 is 2.36 bits per heavy atom. The minimum absolute atomic E-state index is 0.513. The molecule has 0 radical (unpaired) electrons. The van der Waals surface area contributed by atoms with Crippen LogP contribution in [0.2, 0.25) is 0 Å². The number of aromatic nitrogens is 4. The van der Waals surface area contributed by atoms with Gasteiger partial charge in [0, 0.05) is 26.6 Å². The lowest BCUT2D eigenvalue weighted by molar-refractivity contribution is 0.686. The third kappa shape index (κ3) is 2.63. The summed E-state index contributed by atoms with van der Waals surface area (Å²) in [6, 6.07) is 0. The first-order chi connectivity index (χ1) is 6.65. The first-order valence-corrected chi connectivity index (χ1v) is 4.81. The van der Waals surface area contributed by atoms with E-state index in [1.807, 2.05) is 11.8 Å². The molecule has 78 valence electrons. The number of hydrogen-bond acceptors (Lipinski definition) is 5. The van der Waals surface area contributed by atoms with Crippen molar-refractivity contribution in [1.82, 2.24) is 20.2 Å². The fourth-order valence-electron chi connectivity index (χ4n) is 1.14. The summed E-state index contributed by atoms with van der Waals surface area (Å²) in [7, 11) is 1.80. The summed E-state index contributed by atoms with van der Waals surface area (Å²) in [6.07, 6.45) is 0.677. The highest BCUT2D eigenvalue weighted by Gasteiger charge is 2.10. The number of rotatable bonds is 5. The van der Waals surface area contributed by atoms with Gasteiger partial charge in [-0.15, -0.1) is 0 Å². The van der Waals surface area contributed by atoms with Crippen molar-refractivity contribution in [3.63, 3.8) is 0 Å². The van der Waals surface area contributed by atoms with E-state index in [0.717, 1.165) is 19.0 Å². The first kappa shape index (κ1) is 10.8. The Bertz CT molecular complexity index is 309. The van der Waals surface area contributed by atoms with Crippen LogP contribution < -0.4 is 10.6 Å². The Morgan fingerprint density at radius 1 is 1.64 bits per heavy atom. The Kier molecular flexibility index (Phi) is 3.75. The topological polar surface area (TPSA) is 72.9 Å². The van der Waals surface area contributed by atoms with E-state index in [-0.39, 0.29) is 0 Å². The maximum absolute atomic E-state index is 5.43. The highest BCUT2D eigenvalue weighted by molar-refractivity contribution is 7.80. The van der Waals surface area contributed by atoms with Crippen LogP contribution in [0.3, 0.4) is 0 Å². The van der Waals surface area contributed by atoms with Gasteiger partial charge in [0.15, 0.2) is 0 Å². The maximum atomic E-state index is 5.43. The summed E-state index contributed by atoms with van der Waals surface area (Å²) in [4.78, 5) is 2.54. The molecule has 0 aromatic carbocycles. The molecule has 0 fully saturated rings. The van der Waals surface area contributed by atoms with Gasteiger partial charge in [0.1, 0.15) is 0 Å². The molecule has 0 bridgehead atoms. The summed E-state index contributed by atoms with van der Waals surface area (Å²) in [5, 5.41) is 11.2. The molecule has 6 nitrogen and oxygen atoms in total. The first-order valence-electron chi connectivity index (χ1n) is 4.40. The molecule has 1 aromatic heterocycles. The van der Waals surface area contributed by atoms with E-state index in [1.54, 1.807) is 11.7 Å². The summed E-state index contributed by atoms with van der Waals surface area (Å²) in [6.45, 7) is 3.62. The van der Waals surface area contributed by atoms with Crippen LogP contribution in [0.5, 0.6) is 0 Å². The zero-order valence-electron chi connectivity index (χ0n) is 8.34. The number of nitrogens with two attached hydrogens (primary N) is 1. The molecule has 0 aliphatic heterocycles. The van der Waals surface area contributed by atoms with Gasteiger partial charge >= 0.3 is 0 Å². The Balaban J connectivity index is 2.63. The summed E-state index contributed by atoms with van der Waals surface area (Å²) < 4.78 is 1.63. The molecule has 0 unspecified atom stereocenters. The Labute approximate surface area is 88.1 Å². The molecular formula is C7H14N6S. The van der Waals surface area contributed by atoms with E-state index in [9.17, 15) is 0 Å². The fourth-order valence-corrected chi connectivity index (χ4v) is 1.23. The fraction of sp³-hybridized carbons (Fsp3) is 0.714. The number of nitrogens with zero attached hydrogens (tertiary/aromatic N) is 5. The van der Waals surface area contributed by atoms with Gasteiger partial charge in [-0.2, -0.15) is 0 Å². The van der Waals surface area contributed by atoms with Crippen molar-refractivity contribution in [2.75, 3.05) is 18.0 Å². The number of tetrazole rings is 1. The lowest BCUT2D eigenvalue weighted by atomic mass is 10.4. The molecule has 2 N–H and O–H groups in total. The van der Waals surface area contributed by atoms with Crippen LogP contribution in [0, 0.1) is 0 Å². The van der Waals surface area contributed by atoms with Crippen molar-refractivity contribution in [2.24, 2.45) is 12.8 Å². The van der Waals surface area contributed by atoms with Gasteiger partial charge in [0.25, 0.3) is 0 Å². The van der Waals surface area contributed by atoms with Crippen molar-refractivity contribution in [1.29, 1.82) is 0 Å². The second-order valence-electron chi connectivity index (χ2n) is 2.90. The van der Waals surface area contributed by atoms with Crippen LogP contribution >= 0.6 is 12.2 Å².